The molecule has 0 radical (unpaired) electrons. The highest BCUT2D eigenvalue weighted by Gasteiger charge is 2.17. The third-order valence-corrected chi connectivity index (χ3v) is 4.86. The number of carboxylic acids is 1. The Morgan fingerprint density at radius 3 is 2.50 bits per heavy atom. The molecule has 0 aliphatic rings. The summed E-state index contributed by atoms with van der Waals surface area (Å²) in [6, 6.07) is 9.42. The lowest BCUT2D eigenvalue weighted by Gasteiger charge is -2.09. The van der Waals surface area contributed by atoms with E-state index < -0.39 is 5.97 Å². The van der Waals surface area contributed by atoms with Crippen molar-refractivity contribution in [2.45, 2.75) is 26.0 Å². The summed E-state index contributed by atoms with van der Waals surface area (Å²) in [4.78, 5) is 11.7. The van der Waals surface area contributed by atoms with Gasteiger partial charge in [0.2, 0.25) is 5.89 Å². The molecule has 0 saturated heterocycles. The summed E-state index contributed by atoms with van der Waals surface area (Å²) >= 11 is 6.89. The largest absolute Gasteiger partial charge is 0.477 e. The lowest BCUT2D eigenvalue weighted by molar-refractivity contribution is -0.131. The molecule has 2 aromatic heterocycles. The summed E-state index contributed by atoms with van der Waals surface area (Å²) in [5.41, 5.74) is 3.67. The molecule has 2 heterocycles. The number of nitrogens with zero attached hydrogens (tertiary/aromatic N) is 3. The van der Waals surface area contributed by atoms with Gasteiger partial charge in [0.25, 0.3) is 5.22 Å². The molecule has 0 aliphatic heterocycles. The summed E-state index contributed by atoms with van der Waals surface area (Å²) in [5, 5.41) is 17.9. The van der Waals surface area contributed by atoms with Gasteiger partial charge in [0.1, 0.15) is 4.91 Å². The van der Waals surface area contributed by atoms with Crippen LogP contribution in [0.25, 0.3) is 11.8 Å². The Hall–Kier alpha value is -2.51. The Kier molecular flexibility index (Phi) is 5.20. The van der Waals surface area contributed by atoms with Crippen LogP contribution in [0.15, 0.2) is 44.9 Å². The van der Waals surface area contributed by atoms with E-state index in [0.717, 1.165) is 34.4 Å². The zero-order chi connectivity index (χ0) is 18.8. The van der Waals surface area contributed by atoms with Gasteiger partial charge in [-0.25, -0.2) is 4.79 Å². The minimum Gasteiger partial charge on any atom is -0.477 e. The van der Waals surface area contributed by atoms with Gasteiger partial charge in [0.05, 0.1) is 0 Å². The maximum absolute atomic E-state index is 11.6. The van der Waals surface area contributed by atoms with Crippen LogP contribution in [0.1, 0.15) is 22.8 Å². The van der Waals surface area contributed by atoms with Crippen molar-refractivity contribution >= 4 is 35.4 Å². The van der Waals surface area contributed by atoms with Crippen LogP contribution in [0.3, 0.4) is 0 Å². The van der Waals surface area contributed by atoms with Gasteiger partial charge in [-0.3, -0.25) is 0 Å². The minimum atomic E-state index is -1.05. The second kappa shape index (κ2) is 7.39. The average Bonchev–Trinajstić information content (AvgIpc) is 3.11. The number of carbonyl (C=O) groups is 1. The maximum atomic E-state index is 11.6. The Morgan fingerprint density at radius 1 is 1.23 bits per heavy atom. The number of halogens is 1. The van der Waals surface area contributed by atoms with Crippen LogP contribution < -0.4 is 0 Å². The van der Waals surface area contributed by atoms with Crippen molar-refractivity contribution in [3.8, 4) is 5.69 Å². The van der Waals surface area contributed by atoms with Crippen LogP contribution in [0.4, 0.5) is 0 Å². The van der Waals surface area contributed by atoms with E-state index in [9.17, 15) is 9.90 Å². The van der Waals surface area contributed by atoms with Crippen LogP contribution in [0.2, 0.25) is 5.02 Å². The second-order valence-corrected chi connectivity index (χ2v) is 7.07. The van der Waals surface area contributed by atoms with E-state index in [1.165, 1.54) is 0 Å². The lowest BCUT2D eigenvalue weighted by Crippen LogP contribution is -1.99. The van der Waals surface area contributed by atoms with E-state index in [1.54, 1.807) is 13.0 Å². The molecule has 1 N–H and O–H groups in total. The highest BCUT2D eigenvalue weighted by molar-refractivity contribution is 8.03. The van der Waals surface area contributed by atoms with Crippen LogP contribution in [0.5, 0.6) is 0 Å². The number of benzene rings is 1. The molecule has 26 heavy (non-hydrogen) atoms. The smallest absolute Gasteiger partial charge is 0.342 e. The van der Waals surface area contributed by atoms with E-state index in [0.29, 0.717) is 10.9 Å². The summed E-state index contributed by atoms with van der Waals surface area (Å²) < 4.78 is 7.31. The van der Waals surface area contributed by atoms with Gasteiger partial charge >= 0.3 is 5.97 Å². The Labute approximate surface area is 159 Å². The van der Waals surface area contributed by atoms with Gasteiger partial charge in [-0.05, 0) is 67.6 Å². The third-order valence-electron chi connectivity index (χ3n) is 3.76. The fourth-order valence-electron chi connectivity index (χ4n) is 2.61. The van der Waals surface area contributed by atoms with Crippen LogP contribution in [-0.4, -0.2) is 25.8 Å². The van der Waals surface area contributed by atoms with Crippen molar-refractivity contribution in [3.05, 3.63) is 63.1 Å². The van der Waals surface area contributed by atoms with Gasteiger partial charge < -0.3 is 14.1 Å². The molecule has 1 aromatic carbocycles. The number of aromatic nitrogens is 3. The predicted octanol–water partition coefficient (Wildman–Crippen LogP) is 4.66. The molecule has 0 unspecified atom stereocenters. The maximum Gasteiger partial charge on any atom is 0.342 e. The molecule has 134 valence electrons. The van der Waals surface area contributed by atoms with Gasteiger partial charge in [-0.15, -0.1) is 10.2 Å². The standard InChI is InChI=1S/C18H16ClN3O3S/c1-10-8-13(11(2)22(10)15-6-4-14(19)5-7-15)9-16(17(23)24)26-18-21-20-12(3)25-18/h4-9H,1-3H3,(H,23,24)/b16-9-. The molecular weight excluding hydrogens is 374 g/mol. The van der Waals surface area contributed by atoms with Crippen molar-refractivity contribution in [1.29, 1.82) is 0 Å². The van der Waals surface area contributed by atoms with Crippen LogP contribution in [-0.2, 0) is 4.79 Å². The summed E-state index contributed by atoms with van der Waals surface area (Å²) in [5.74, 6) is -0.666. The zero-order valence-electron chi connectivity index (χ0n) is 14.4. The summed E-state index contributed by atoms with van der Waals surface area (Å²) in [7, 11) is 0. The number of carboxylic acid groups (broad SMARTS) is 1. The second-order valence-electron chi connectivity index (χ2n) is 5.64. The number of hydrogen-bond donors (Lipinski definition) is 1. The first-order chi connectivity index (χ1) is 12.3. The molecule has 0 bridgehead atoms. The number of aliphatic carboxylic acids is 1. The quantitative estimate of drug-likeness (QED) is 0.505. The highest BCUT2D eigenvalue weighted by Crippen LogP contribution is 2.30. The Morgan fingerprint density at radius 2 is 1.92 bits per heavy atom. The molecule has 0 atom stereocenters. The molecule has 3 rings (SSSR count). The number of rotatable bonds is 5. The SMILES string of the molecule is Cc1nnc(S/C(=C\c2cc(C)n(-c3ccc(Cl)cc3)c2C)C(=O)O)o1. The predicted molar refractivity (Wildman–Crippen MR) is 101 cm³/mol. The molecule has 3 aromatic rings. The van der Waals surface area contributed by atoms with Gasteiger partial charge in [-0.1, -0.05) is 11.6 Å². The molecule has 0 aliphatic carbocycles. The van der Waals surface area contributed by atoms with Crippen molar-refractivity contribution < 1.29 is 14.3 Å². The van der Waals surface area contributed by atoms with Gasteiger partial charge in [0.15, 0.2) is 0 Å². The fraction of sp³-hybridized carbons (Fsp3) is 0.167. The first-order valence-corrected chi connectivity index (χ1v) is 8.92. The molecular formula is C18H16ClN3O3S. The van der Waals surface area contributed by atoms with Crippen molar-refractivity contribution in [3.63, 3.8) is 0 Å². The number of aryl methyl sites for hydroxylation is 2. The van der Waals surface area contributed by atoms with Crippen LogP contribution >= 0.6 is 23.4 Å². The Balaban J connectivity index is 1.99. The topological polar surface area (TPSA) is 81.2 Å². The first kappa shape index (κ1) is 18.3. The third kappa shape index (κ3) is 3.84. The minimum absolute atomic E-state index is 0.102. The van der Waals surface area contributed by atoms with Crippen LogP contribution in [0, 0.1) is 20.8 Å². The molecule has 0 fully saturated rings. The van der Waals surface area contributed by atoms with Crippen molar-refractivity contribution in [2.75, 3.05) is 0 Å². The van der Waals surface area contributed by atoms with E-state index >= 15 is 0 Å². The van der Waals surface area contributed by atoms with E-state index in [-0.39, 0.29) is 10.1 Å². The lowest BCUT2D eigenvalue weighted by atomic mass is 10.2. The van der Waals surface area contributed by atoms with E-state index in [1.807, 2.05) is 48.7 Å². The molecule has 0 spiro atoms. The molecule has 0 saturated carbocycles. The summed E-state index contributed by atoms with van der Waals surface area (Å²) in [6.07, 6.45) is 1.61. The van der Waals surface area contributed by atoms with Crippen molar-refractivity contribution in [2.24, 2.45) is 0 Å². The van der Waals surface area contributed by atoms with E-state index in [2.05, 4.69) is 10.2 Å². The van der Waals surface area contributed by atoms with Gasteiger partial charge in [-0.2, -0.15) is 0 Å². The average molecular weight is 390 g/mol. The molecule has 8 heteroatoms. The number of thioether (sulfide) groups is 1. The summed E-state index contributed by atoms with van der Waals surface area (Å²) in [6.45, 7) is 5.56. The zero-order valence-corrected chi connectivity index (χ0v) is 15.9. The monoisotopic (exact) mass is 389 g/mol. The highest BCUT2D eigenvalue weighted by atomic mass is 35.5. The van der Waals surface area contributed by atoms with E-state index in [4.69, 9.17) is 16.0 Å². The molecule has 0 amide bonds. The van der Waals surface area contributed by atoms with Crippen molar-refractivity contribution in [1.82, 2.24) is 14.8 Å². The molecule has 6 nitrogen and oxygen atoms in total. The fourth-order valence-corrected chi connectivity index (χ4v) is 3.44. The normalized spacial score (nSPS) is 11.8. The van der Waals surface area contributed by atoms with Gasteiger partial charge in [0, 0.05) is 29.0 Å². The Bertz CT molecular complexity index is 990. The first-order valence-electron chi connectivity index (χ1n) is 7.73. The number of hydrogen-bond acceptors (Lipinski definition) is 5.